The van der Waals surface area contributed by atoms with Crippen LogP contribution >= 0.6 is 15.9 Å². The van der Waals surface area contributed by atoms with Crippen LogP contribution in [0.1, 0.15) is 48.9 Å². The van der Waals surface area contributed by atoms with Crippen LogP contribution in [0, 0.1) is 0 Å². The molecule has 2 aromatic rings. The predicted molar refractivity (Wildman–Crippen MR) is 129 cm³/mol. The molecule has 0 saturated carbocycles. The van der Waals surface area contributed by atoms with E-state index in [4.69, 9.17) is 0 Å². The number of pyridine rings is 1. The van der Waals surface area contributed by atoms with Gasteiger partial charge in [0.1, 0.15) is 11.5 Å². The number of piperidine rings is 1. The van der Waals surface area contributed by atoms with E-state index in [-0.39, 0.29) is 5.82 Å². The largest absolute Gasteiger partial charge is 0.433 e. The molecule has 0 spiro atoms. The lowest BCUT2D eigenvalue weighted by atomic mass is 10.0. The summed E-state index contributed by atoms with van der Waals surface area (Å²) < 4.78 is 65.4. The molecule has 1 amide bonds. The van der Waals surface area contributed by atoms with Crippen molar-refractivity contribution < 1.29 is 26.4 Å². The van der Waals surface area contributed by atoms with Crippen molar-refractivity contribution in [1.29, 1.82) is 0 Å². The zero-order chi connectivity index (χ0) is 25.1. The fourth-order valence-corrected chi connectivity index (χ4v) is 4.75. The first-order valence-electron chi connectivity index (χ1n) is 10.5. The van der Waals surface area contributed by atoms with E-state index in [0.717, 1.165) is 31.6 Å². The molecule has 3 rings (SSSR count). The van der Waals surface area contributed by atoms with Crippen molar-refractivity contribution in [3.8, 4) is 0 Å². The van der Waals surface area contributed by atoms with E-state index in [1.165, 1.54) is 18.3 Å². The summed E-state index contributed by atoms with van der Waals surface area (Å²) in [6.07, 6.45) is 0.416. The van der Waals surface area contributed by atoms with Crippen LogP contribution in [0.25, 0.3) is 0 Å². The Labute approximate surface area is 204 Å². The van der Waals surface area contributed by atoms with E-state index in [1.54, 1.807) is 24.0 Å². The Morgan fingerprint density at radius 2 is 1.88 bits per heavy atom. The van der Waals surface area contributed by atoms with E-state index in [9.17, 15) is 26.4 Å². The number of nitrogens with one attached hydrogen (secondary N) is 1. The first-order chi connectivity index (χ1) is 15.8. The molecule has 7 nitrogen and oxygen atoms in total. The molecule has 0 aliphatic carbocycles. The standard InChI is InChI=1S/C22H24BrF3N4O3S/c1-14(15-6-8-18(17(23)12-15)29-34(2,32)33)21(31)27-13-16-7-9-19(22(24,25)26)28-20(16)30-10-4-3-5-11-30/h6-9,12-14,29H,3-5,10-11H2,1-2H3. The summed E-state index contributed by atoms with van der Waals surface area (Å²) in [4.78, 5) is 22.3. The van der Waals surface area contributed by atoms with Crippen molar-refractivity contribution in [2.24, 2.45) is 4.99 Å². The van der Waals surface area contributed by atoms with Crippen LogP contribution in [0.2, 0.25) is 0 Å². The maximum absolute atomic E-state index is 13.2. The van der Waals surface area contributed by atoms with Gasteiger partial charge in [0.25, 0.3) is 5.91 Å². The van der Waals surface area contributed by atoms with Crippen molar-refractivity contribution in [3.05, 3.63) is 51.6 Å². The van der Waals surface area contributed by atoms with E-state index >= 15 is 0 Å². The Morgan fingerprint density at radius 1 is 1.21 bits per heavy atom. The van der Waals surface area contributed by atoms with Crippen LogP contribution in [0.5, 0.6) is 0 Å². The predicted octanol–water partition coefficient (Wildman–Crippen LogP) is 4.97. The van der Waals surface area contributed by atoms with Gasteiger partial charge in [-0.25, -0.2) is 18.4 Å². The molecule has 34 heavy (non-hydrogen) atoms. The third kappa shape index (κ3) is 6.78. The highest BCUT2D eigenvalue weighted by atomic mass is 79.9. The molecule has 0 radical (unpaired) electrons. The highest BCUT2D eigenvalue weighted by molar-refractivity contribution is 9.10. The van der Waals surface area contributed by atoms with Gasteiger partial charge in [-0.1, -0.05) is 6.07 Å². The molecule has 1 N–H and O–H groups in total. The van der Waals surface area contributed by atoms with Crippen LogP contribution in [0.15, 0.2) is 39.8 Å². The van der Waals surface area contributed by atoms with E-state index in [2.05, 4.69) is 30.6 Å². The quantitative estimate of drug-likeness (QED) is 0.503. The molecule has 1 fully saturated rings. The monoisotopic (exact) mass is 560 g/mol. The average Bonchev–Trinajstić information content (AvgIpc) is 2.77. The van der Waals surface area contributed by atoms with E-state index < -0.39 is 33.7 Å². The summed E-state index contributed by atoms with van der Waals surface area (Å²) in [6, 6.07) is 6.92. The lowest BCUT2D eigenvalue weighted by molar-refractivity contribution is -0.141. The van der Waals surface area contributed by atoms with Crippen molar-refractivity contribution >= 4 is 49.6 Å². The lowest BCUT2D eigenvalue weighted by Crippen LogP contribution is -2.31. The highest BCUT2D eigenvalue weighted by Crippen LogP contribution is 2.32. The molecule has 1 aliphatic heterocycles. The number of hydrogen-bond acceptors (Lipinski definition) is 5. The van der Waals surface area contributed by atoms with Crippen LogP contribution in [-0.4, -0.2) is 44.9 Å². The molecule has 0 bridgehead atoms. The van der Waals surface area contributed by atoms with E-state index in [1.807, 2.05) is 0 Å². The zero-order valence-corrected chi connectivity index (χ0v) is 21.0. The number of hydrogen-bond donors (Lipinski definition) is 1. The number of carbonyl (C=O) groups excluding carboxylic acids is 1. The number of anilines is 2. The number of carbonyl (C=O) groups is 1. The second kappa shape index (κ2) is 10.4. The minimum atomic E-state index is -4.57. The Balaban J connectivity index is 1.84. The minimum absolute atomic E-state index is 0.165. The van der Waals surface area contributed by atoms with Gasteiger partial charge in [0.15, 0.2) is 0 Å². The van der Waals surface area contributed by atoms with Gasteiger partial charge in [-0.3, -0.25) is 9.52 Å². The lowest BCUT2D eigenvalue weighted by Gasteiger charge is -2.29. The van der Waals surface area contributed by atoms with Crippen molar-refractivity contribution in [2.75, 3.05) is 29.0 Å². The van der Waals surface area contributed by atoms with Crippen LogP contribution in [0.4, 0.5) is 24.7 Å². The third-order valence-electron chi connectivity index (χ3n) is 5.34. The molecule has 1 aromatic carbocycles. The number of aliphatic imine (C=N–C) groups is 1. The fraction of sp³-hybridized carbons (Fsp3) is 0.409. The van der Waals surface area contributed by atoms with Gasteiger partial charge in [0.2, 0.25) is 10.0 Å². The second-order valence-electron chi connectivity index (χ2n) is 8.09. The minimum Gasteiger partial charge on any atom is -0.356 e. The number of aromatic nitrogens is 1. The summed E-state index contributed by atoms with van der Waals surface area (Å²) in [6.45, 7) is 2.81. The summed E-state index contributed by atoms with van der Waals surface area (Å²) in [5.74, 6) is -1.00. The number of sulfonamides is 1. The molecule has 2 heterocycles. The van der Waals surface area contributed by atoms with E-state index in [0.29, 0.717) is 34.4 Å². The van der Waals surface area contributed by atoms with Gasteiger partial charge in [-0.05, 0) is 71.9 Å². The Bertz CT molecular complexity index is 1200. The Kier molecular flexibility index (Phi) is 8.02. The summed E-state index contributed by atoms with van der Waals surface area (Å²) in [5, 5.41) is 0. The van der Waals surface area contributed by atoms with Crippen LogP contribution in [-0.2, 0) is 21.0 Å². The van der Waals surface area contributed by atoms with Crippen molar-refractivity contribution in [3.63, 3.8) is 0 Å². The van der Waals surface area contributed by atoms with Gasteiger partial charge in [-0.15, -0.1) is 0 Å². The zero-order valence-electron chi connectivity index (χ0n) is 18.6. The number of alkyl halides is 3. The summed E-state index contributed by atoms with van der Waals surface area (Å²) in [7, 11) is -3.47. The maximum atomic E-state index is 13.2. The number of nitrogens with zero attached hydrogens (tertiary/aromatic N) is 3. The topological polar surface area (TPSA) is 91.7 Å². The van der Waals surface area contributed by atoms with Gasteiger partial charge in [0.05, 0.1) is 17.9 Å². The number of rotatable bonds is 6. The first kappa shape index (κ1) is 26.1. The summed E-state index contributed by atoms with van der Waals surface area (Å²) >= 11 is 3.29. The average molecular weight is 561 g/mol. The maximum Gasteiger partial charge on any atom is 0.433 e. The Hall–Kier alpha value is -2.47. The molecule has 1 aromatic heterocycles. The third-order valence-corrected chi connectivity index (χ3v) is 6.59. The number of amides is 1. The molecule has 184 valence electrons. The molecular formula is C22H24BrF3N4O3S. The normalized spacial score (nSPS) is 16.0. The van der Waals surface area contributed by atoms with Crippen molar-refractivity contribution in [2.45, 2.75) is 38.3 Å². The molecule has 1 aliphatic rings. The van der Waals surface area contributed by atoms with Gasteiger partial charge < -0.3 is 4.90 Å². The van der Waals surface area contributed by atoms with Gasteiger partial charge in [-0.2, -0.15) is 13.2 Å². The highest BCUT2D eigenvalue weighted by Gasteiger charge is 2.33. The first-order valence-corrected chi connectivity index (χ1v) is 13.2. The van der Waals surface area contributed by atoms with Crippen LogP contribution < -0.4 is 9.62 Å². The Morgan fingerprint density at radius 3 is 2.47 bits per heavy atom. The molecule has 1 saturated heterocycles. The van der Waals surface area contributed by atoms with Gasteiger partial charge in [0, 0.05) is 29.3 Å². The molecule has 12 heteroatoms. The van der Waals surface area contributed by atoms with Crippen LogP contribution in [0.3, 0.4) is 0 Å². The fourth-order valence-electron chi connectivity index (χ4n) is 3.55. The van der Waals surface area contributed by atoms with Gasteiger partial charge >= 0.3 is 6.18 Å². The van der Waals surface area contributed by atoms with Crippen molar-refractivity contribution in [1.82, 2.24) is 4.98 Å². The number of benzene rings is 1. The molecule has 1 unspecified atom stereocenters. The summed E-state index contributed by atoms with van der Waals surface area (Å²) in [5.41, 5.74) is 0.271. The molecular weight excluding hydrogens is 537 g/mol. The smallest absolute Gasteiger partial charge is 0.356 e. The SMILES string of the molecule is CC(C(=O)N=Cc1ccc(C(F)(F)F)nc1N1CCCCC1)c1ccc(NS(C)(=O)=O)c(Br)c1. The second-order valence-corrected chi connectivity index (χ2v) is 10.7. The molecule has 1 atom stereocenters. The number of halogens is 4.